The molecule has 2 aliphatic carbocycles. The molecular formula is C15H28N2O. The van der Waals surface area contributed by atoms with Crippen molar-refractivity contribution >= 4 is 0 Å². The highest BCUT2D eigenvalue weighted by molar-refractivity contribution is 5.02. The third-order valence-corrected chi connectivity index (χ3v) is 5.51. The first-order chi connectivity index (χ1) is 8.72. The molecule has 0 aromatic carbocycles. The van der Waals surface area contributed by atoms with Gasteiger partial charge in [0.25, 0.3) is 0 Å². The zero-order chi connectivity index (χ0) is 12.6. The maximum Gasteiger partial charge on any atom is 0.0601 e. The van der Waals surface area contributed by atoms with E-state index in [9.17, 15) is 0 Å². The second-order valence-corrected chi connectivity index (χ2v) is 6.73. The Morgan fingerprint density at radius 3 is 2.56 bits per heavy atom. The van der Waals surface area contributed by atoms with Crippen LogP contribution in [0.15, 0.2) is 0 Å². The van der Waals surface area contributed by atoms with E-state index < -0.39 is 0 Å². The number of ether oxygens (including phenoxy) is 1. The first kappa shape index (κ1) is 12.9. The van der Waals surface area contributed by atoms with Gasteiger partial charge in [-0.15, -0.1) is 0 Å². The largest absolute Gasteiger partial charge is 0.381 e. The van der Waals surface area contributed by atoms with Crippen molar-refractivity contribution in [1.29, 1.82) is 0 Å². The van der Waals surface area contributed by atoms with Gasteiger partial charge in [-0.1, -0.05) is 19.3 Å². The summed E-state index contributed by atoms with van der Waals surface area (Å²) in [6.07, 6.45) is 10.1. The molecule has 3 nitrogen and oxygen atoms in total. The summed E-state index contributed by atoms with van der Waals surface area (Å²) >= 11 is 0. The van der Waals surface area contributed by atoms with E-state index in [4.69, 9.17) is 4.74 Å². The van der Waals surface area contributed by atoms with E-state index >= 15 is 0 Å². The van der Waals surface area contributed by atoms with Gasteiger partial charge in [-0.3, -0.25) is 4.90 Å². The van der Waals surface area contributed by atoms with E-state index in [2.05, 4.69) is 17.1 Å². The molecule has 1 aliphatic heterocycles. The molecule has 1 atom stereocenters. The molecule has 1 N–H and O–H groups in total. The molecule has 3 heteroatoms. The van der Waals surface area contributed by atoms with Gasteiger partial charge in [-0.05, 0) is 32.6 Å². The number of methoxy groups -OCH3 is 1. The van der Waals surface area contributed by atoms with Crippen LogP contribution < -0.4 is 5.32 Å². The normalized spacial score (nSPS) is 40.7. The second kappa shape index (κ2) is 5.10. The third kappa shape index (κ3) is 2.33. The summed E-state index contributed by atoms with van der Waals surface area (Å²) in [5.74, 6) is 0. The van der Waals surface area contributed by atoms with Crippen LogP contribution in [0.3, 0.4) is 0 Å². The number of hydrogen-bond acceptors (Lipinski definition) is 3. The van der Waals surface area contributed by atoms with Crippen LogP contribution in [-0.4, -0.2) is 48.8 Å². The van der Waals surface area contributed by atoms with Crippen molar-refractivity contribution in [3.8, 4) is 0 Å². The summed E-state index contributed by atoms with van der Waals surface area (Å²) in [5, 5.41) is 3.87. The minimum absolute atomic E-state index is 0.447. The molecular weight excluding hydrogens is 224 g/mol. The zero-order valence-corrected chi connectivity index (χ0v) is 12.0. The molecule has 3 fully saturated rings. The molecule has 0 amide bonds. The Morgan fingerprint density at radius 2 is 1.89 bits per heavy atom. The monoisotopic (exact) mass is 252 g/mol. The fraction of sp³-hybridized carbons (Fsp3) is 1.00. The maximum absolute atomic E-state index is 5.44. The van der Waals surface area contributed by atoms with Gasteiger partial charge >= 0.3 is 0 Å². The van der Waals surface area contributed by atoms with Crippen molar-refractivity contribution in [1.82, 2.24) is 10.2 Å². The van der Waals surface area contributed by atoms with E-state index in [0.29, 0.717) is 17.7 Å². The fourth-order valence-electron chi connectivity index (χ4n) is 4.10. The van der Waals surface area contributed by atoms with E-state index in [0.717, 1.165) is 6.04 Å². The minimum Gasteiger partial charge on any atom is -0.381 e. The Bertz CT molecular complexity index is 282. The minimum atomic E-state index is 0.447. The maximum atomic E-state index is 5.44. The lowest BCUT2D eigenvalue weighted by molar-refractivity contribution is -0.0638. The highest BCUT2D eigenvalue weighted by Gasteiger charge is 2.44. The molecule has 3 aliphatic rings. The van der Waals surface area contributed by atoms with E-state index in [1.54, 1.807) is 0 Å². The number of nitrogens with one attached hydrogen (secondary N) is 1. The molecule has 3 rings (SSSR count). The van der Waals surface area contributed by atoms with Crippen molar-refractivity contribution in [2.75, 3.05) is 20.2 Å². The Labute approximate surface area is 111 Å². The average molecular weight is 252 g/mol. The second-order valence-electron chi connectivity index (χ2n) is 6.73. The number of rotatable bonds is 2. The standard InChI is InChI=1S/C15H28N2O/c1-12-10-16-15(6-4-3-5-7-15)11-17(12)13-8-14(9-13)18-2/h12-14,16H,3-11H2,1-2H3. The summed E-state index contributed by atoms with van der Waals surface area (Å²) in [4.78, 5) is 2.78. The van der Waals surface area contributed by atoms with Crippen molar-refractivity contribution in [2.24, 2.45) is 0 Å². The van der Waals surface area contributed by atoms with Gasteiger partial charge in [0, 0.05) is 37.8 Å². The predicted molar refractivity (Wildman–Crippen MR) is 73.8 cm³/mol. The Balaban J connectivity index is 1.62. The van der Waals surface area contributed by atoms with Gasteiger partial charge in [0.05, 0.1) is 6.10 Å². The van der Waals surface area contributed by atoms with Gasteiger partial charge in [0.2, 0.25) is 0 Å². The molecule has 0 aromatic heterocycles. The third-order valence-electron chi connectivity index (χ3n) is 5.51. The summed E-state index contributed by atoms with van der Waals surface area (Å²) in [6.45, 7) is 4.83. The van der Waals surface area contributed by atoms with Crippen molar-refractivity contribution in [3.63, 3.8) is 0 Å². The molecule has 18 heavy (non-hydrogen) atoms. The molecule has 0 bridgehead atoms. The van der Waals surface area contributed by atoms with Crippen LogP contribution >= 0.6 is 0 Å². The van der Waals surface area contributed by atoms with Crippen LogP contribution in [0.2, 0.25) is 0 Å². The van der Waals surface area contributed by atoms with Crippen molar-refractivity contribution in [3.05, 3.63) is 0 Å². The Kier molecular flexibility index (Phi) is 3.65. The van der Waals surface area contributed by atoms with Gasteiger partial charge < -0.3 is 10.1 Å². The first-order valence-corrected chi connectivity index (χ1v) is 7.76. The summed E-state index contributed by atoms with van der Waals surface area (Å²) in [7, 11) is 1.85. The van der Waals surface area contributed by atoms with E-state index in [1.807, 2.05) is 7.11 Å². The zero-order valence-electron chi connectivity index (χ0n) is 12.0. The van der Waals surface area contributed by atoms with Crippen LogP contribution in [0.1, 0.15) is 51.9 Å². The number of piperazine rings is 1. The van der Waals surface area contributed by atoms with Gasteiger partial charge in [0.15, 0.2) is 0 Å². The van der Waals surface area contributed by atoms with Crippen molar-refractivity contribution in [2.45, 2.75) is 75.6 Å². The van der Waals surface area contributed by atoms with Crippen molar-refractivity contribution < 1.29 is 4.74 Å². The molecule has 2 saturated carbocycles. The Morgan fingerprint density at radius 1 is 1.17 bits per heavy atom. The summed E-state index contributed by atoms with van der Waals surface area (Å²) in [5.41, 5.74) is 0.447. The molecule has 0 aromatic rings. The lowest BCUT2D eigenvalue weighted by atomic mass is 9.77. The quantitative estimate of drug-likeness (QED) is 0.815. The predicted octanol–water partition coefficient (Wildman–Crippen LogP) is 2.16. The summed E-state index contributed by atoms with van der Waals surface area (Å²) < 4.78 is 5.44. The molecule has 1 saturated heterocycles. The SMILES string of the molecule is COC1CC(N2CC3(CCCCC3)NCC2C)C1. The van der Waals surface area contributed by atoms with E-state index in [1.165, 1.54) is 58.0 Å². The number of hydrogen-bond donors (Lipinski definition) is 1. The van der Waals surface area contributed by atoms with Gasteiger partial charge in [0.1, 0.15) is 0 Å². The molecule has 1 spiro atoms. The highest BCUT2D eigenvalue weighted by Crippen LogP contribution is 2.36. The van der Waals surface area contributed by atoms with Crippen LogP contribution in [0.4, 0.5) is 0 Å². The topological polar surface area (TPSA) is 24.5 Å². The van der Waals surface area contributed by atoms with E-state index in [-0.39, 0.29) is 0 Å². The lowest BCUT2D eigenvalue weighted by Gasteiger charge is -2.54. The van der Waals surface area contributed by atoms with Gasteiger partial charge in [-0.25, -0.2) is 0 Å². The van der Waals surface area contributed by atoms with Crippen LogP contribution in [0, 0.1) is 0 Å². The number of nitrogens with zero attached hydrogens (tertiary/aromatic N) is 1. The first-order valence-electron chi connectivity index (χ1n) is 7.76. The highest BCUT2D eigenvalue weighted by atomic mass is 16.5. The molecule has 104 valence electrons. The Hall–Kier alpha value is -0.120. The molecule has 0 radical (unpaired) electrons. The molecule has 1 unspecified atom stereocenters. The average Bonchev–Trinajstić information content (AvgIpc) is 2.34. The smallest absolute Gasteiger partial charge is 0.0601 e. The fourth-order valence-corrected chi connectivity index (χ4v) is 4.10. The van der Waals surface area contributed by atoms with Crippen LogP contribution in [-0.2, 0) is 4.74 Å². The van der Waals surface area contributed by atoms with Crippen LogP contribution in [0.25, 0.3) is 0 Å². The summed E-state index contributed by atoms with van der Waals surface area (Å²) in [6, 6.07) is 1.48. The molecule has 1 heterocycles. The van der Waals surface area contributed by atoms with Crippen LogP contribution in [0.5, 0.6) is 0 Å². The van der Waals surface area contributed by atoms with Gasteiger partial charge in [-0.2, -0.15) is 0 Å². The lowest BCUT2D eigenvalue weighted by Crippen LogP contribution is -2.67.